The number of sulfonamides is 1. The van der Waals surface area contributed by atoms with Crippen LogP contribution in [0.15, 0.2) is 52.5 Å². The van der Waals surface area contributed by atoms with Crippen LogP contribution in [0.5, 0.6) is 11.5 Å². The average molecular weight is 474 g/mol. The summed E-state index contributed by atoms with van der Waals surface area (Å²) in [5.41, 5.74) is 4.93. The Balaban J connectivity index is 1.30. The maximum atomic E-state index is 12.7. The highest BCUT2D eigenvalue weighted by Gasteiger charge is 2.26. The highest BCUT2D eigenvalue weighted by atomic mass is 32.2. The summed E-state index contributed by atoms with van der Waals surface area (Å²) in [6, 6.07) is 12.2. The lowest BCUT2D eigenvalue weighted by Gasteiger charge is -2.26. The summed E-state index contributed by atoms with van der Waals surface area (Å²) in [5.74, 6) is 1.14. The van der Waals surface area contributed by atoms with Gasteiger partial charge in [-0.3, -0.25) is 4.79 Å². The van der Waals surface area contributed by atoms with Gasteiger partial charge in [0.15, 0.2) is 11.5 Å². The zero-order valence-electron chi connectivity index (χ0n) is 18.5. The molecule has 4 rings (SSSR count). The van der Waals surface area contributed by atoms with Crippen LogP contribution in [0.2, 0.25) is 0 Å². The molecule has 2 aliphatic heterocycles. The molecule has 0 atom stereocenters. The Morgan fingerprint density at radius 1 is 1.00 bits per heavy atom. The number of ether oxygens (including phenoxy) is 3. The molecule has 2 aromatic carbocycles. The molecule has 10 heteroatoms. The lowest BCUT2D eigenvalue weighted by atomic mass is 10.1. The fourth-order valence-electron chi connectivity index (χ4n) is 3.56. The van der Waals surface area contributed by atoms with Crippen LogP contribution < -0.4 is 14.9 Å². The van der Waals surface area contributed by atoms with Gasteiger partial charge in [0.2, 0.25) is 15.9 Å². The first-order chi connectivity index (χ1) is 15.9. The lowest BCUT2D eigenvalue weighted by Crippen LogP contribution is -2.40. The molecule has 0 aliphatic carbocycles. The lowest BCUT2D eigenvalue weighted by molar-refractivity contribution is -0.121. The predicted octanol–water partition coefficient (Wildman–Crippen LogP) is 1.95. The van der Waals surface area contributed by atoms with Crippen molar-refractivity contribution in [2.24, 2.45) is 5.10 Å². The van der Waals surface area contributed by atoms with E-state index >= 15 is 0 Å². The van der Waals surface area contributed by atoms with Gasteiger partial charge in [0, 0.05) is 25.1 Å². The molecule has 1 N–H and O–H groups in total. The predicted molar refractivity (Wildman–Crippen MR) is 122 cm³/mol. The Labute approximate surface area is 193 Å². The van der Waals surface area contributed by atoms with E-state index in [1.807, 2.05) is 18.2 Å². The van der Waals surface area contributed by atoms with Crippen molar-refractivity contribution in [3.05, 3.63) is 53.6 Å². The van der Waals surface area contributed by atoms with Crippen molar-refractivity contribution in [3.8, 4) is 11.5 Å². The van der Waals surface area contributed by atoms with Gasteiger partial charge in [-0.25, -0.2) is 13.8 Å². The molecule has 0 bridgehead atoms. The molecule has 0 spiro atoms. The van der Waals surface area contributed by atoms with Crippen molar-refractivity contribution in [1.29, 1.82) is 0 Å². The van der Waals surface area contributed by atoms with Gasteiger partial charge in [-0.2, -0.15) is 9.41 Å². The molecule has 0 saturated carbocycles. The number of nitrogens with one attached hydrogen (secondary N) is 1. The van der Waals surface area contributed by atoms with Crippen molar-refractivity contribution < 1.29 is 27.4 Å². The van der Waals surface area contributed by atoms with E-state index < -0.39 is 10.0 Å². The Kier molecular flexibility index (Phi) is 7.26. The Bertz CT molecular complexity index is 1130. The molecule has 1 fully saturated rings. The SMILES string of the molecule is C/C(=N\NC(=O)CCc1ccc(S(=O)(=O)N2CCOCC2)cc1)c1ccc2c(c1)OCCO2. The molecule has 2 aliphatic rings. The molecular weight excluding hydrogens is 446 g/mol. The van der Waals surface area contributed by atoms with Gasteiger partial charge in [-0.15, -0.1) is 0 Å². The molecule has 33 heavy (non-hydrogen) atoms. The van der Waals surface area contributed by atoms with Gasteiger partial charge < -0.3 is 14.2 Å². The van der Waals surface area contributed by atoms with E-state index in [1.54, 1.807) is 31.2 Å². The molecule has 176 valence electrons. The average Bonchev–Trinajstić information content (AvgIpc) is 2.86. The van der Waals surface area contributed by atoms with E-state index in [2.05, 4.69) is 10.5 Å². The van der Waals surface area contributed by atoms with Crippen LogP contribution in [0, 0.1) is 0 Å². The van der Waals surface area contributed by atoms with Gasteiger partial charge in [-0.05, 0) is 49.2 Å². The topological polar surface area (TPSA) is 107 Å². The minimum atomic E-state index is -3.52. The first kappa shape index (κ1) is 23.2. The summed E-state index contributed by atoms with van der Waals surface area (Å²) < 4.78 is 43.1. The van der Waals surface area contributed by atoms with E-state index in [9.17, 15) is 13.2 Å². The molecule has 1 saturated heterocycles. The minimum absolute atomic E-state index is 0.225. The van der Waals surface area contributed by atoms with Crippen molar-refractivity contribution in [3.63, 3.8) is 0 Å². The molecule has 9 nitrogen and oxygen atoms in total. The summed E-state index contributed by atoms with van der Waals surface area (Å²) in [5, 5.41) is 4.18. The minimum Gasteiger partial charge on any atom is -0.486 e. The number of morpholine rings is 1. The molecule has 0 unspecified atom stereocenters. The molecule has 1 amide bonds. The smallest absolute Gasteiger partial charge is 0.243 e. The van der Waals surface area contributed by atoms with Crippen LogP contribution in [-0.4, -0.2) is 63.9 Å². The Morgan fingerprint density at radius 3 is 2.42 bits per heavy atom. The molecule has 2 aromatic rings. The van der Waals surface area contributed by atoms with E-state index in [0.29, 0.717) is 63.1 Å². The number of rotatable bonds is 7. The van der Waals surface area contributed by atoms with Crippen molar-refractivity contribution in [1.82, 2.24) is 9.73 Å². The van der Waals surface area contributed by atoms with E-state index in [1.165, 1.54) is 4.31 Å². The van der Waals surface area contributed by atoms with Crippen LogP contribution in [0.25, 0.3) is 0 Å². The summed E-state index contributed by atoms with van der Waals surface area (Å²) in [6.45, 7) is 4.36. The Hall–Kier alpha value is -2.95. The van der Waals surface area contributed by atoms with E-state index in [4.69, 9.17) is 14.2 Å². The number of carbonyl (C=O) groups excluding carboxylic acids is 1. The third-order valence-corrected chi connectivity index (χ3v) is 7.39. The maximum Gasteiger partial charge on any atom is 0.243 e. The number of hydrogen-bond acceptors (Lipinski definition) is 7. The highest BCUT2D eigenvalue weighted by Crippen LogP contribution is 2.30. The van der Waals surface area contributed by atoms with Crippen LogP contribution >= 0.6 is 0 Å². The van der Waals surface area contributed by atoms with Crippen molar-refractivity contribution >= 4 is 21.6 Å². The second kappa shape index (κ2) is 10.3. The van der Waals surface area contributed by atoms with Crippen molar-refractivity contribution in [2.45, 2.75) is 24.7 Å². The zero-order valence-corrected chi connectivity index (χ0v) is 19.3. The van der Waals surface area contributed by atoms with Gasteiger partial charge in [0.25, 0.3) is 0 Å². The van der Waals surface area contributed by atoms with Crippen LogP contribution in [0.1, 0.15) is 24.5 Å². The van der Waals surface area contributed by atoms with Crippen LogP contribution in [0.3, 0.4) is 0 Å². The Morgan fingerprint density at radius 2 is 1.70 bits per heavy atom. The molecule has 2 heterocycles. The van der Waals surface area contributed by atoms with Crippen LogP contribution in [-0.2, 0) is 26.0 Å². The molecule has 0 radical (unpaired) electrons. The number of amides is 1. The molecule has 0 aromatic heterocycles. The number of hydrazone groups is 1. The number of hydrogen-bond donors (Lipinski definition) is 1. The summed E-state index contributed by atoms with van der Waals surface area (Å²) in [6.07, 6.45) is 0.704. The number of benzene rings is 2. The van der Waals surface area contributed by atoms with E-state index in [-0.39, 0.29) is 17.2 Å². The third-order valence-electron chi connectivity index (χ3n) is 5.48. The normalized spacial score (nSPS) is 16.9. The van der Waals surface area contributed by atoms with Crippen LogP contribution in [0.4, 0.5) is 0 Å². The second-order valence-electron chi connectivity index (χ2n) is 7.75. The monoisotopic (exact) mass is 473 g/mol. The fourth-order valence-corrected chi connectivity index (χ4v) is 4.96. The maximum absolute atomic E-state index is 12.7. The quantitative estimate of drug-likeness (QED) is 0.487. The van der Waals surface area contributed by atoms with Gasteiger partial charge in [0.1, 0.15) is 13.2 Å². The number of nitrogens with zero attached hydrogens (tertiary/aromatic N) is 2. The number of carbonyl (C=O) groups is 1. The first-order valence-corrected chi connectivity index (χ1v) is 12.3. The zero-order chi connectivity index (χ0) is 23.3. The summed E-state index contributed by atoms with van der Waals surface area (Å²) in [4.78, 5) is 12.5. The number of fused-ring (bicyclic) bond motifs is 1. The van der Waals surface area contributed by atoms with Gasteiger partial charge in [0.05, 0.1) is 23.8 Å². The van der Waals surface area contributed by atoms with Crippen molar-refractivity contribution in [2.75, 3.05) is 39.5 Å². The standard InChI is InChI=1S/C23H27N3O6S/c1-17(19-5-8-21-22(16-19)32-15-14-31-21)24-25-23(27)9-4-18-2-6-20(7-3-18)33(28,29)26-10-12-30-13-11-26/h2-3,5-8,16H,4,9-15H2,1H3,(H,25,27)/b24-17+. The summed E-state index contributed by atoms with van der Waals surface area (Å²) >= 11 is 0. The first-order valence-electron chi connectivity index (χ1n) is 10.8. The fraction of sp³-hybridized carbons (Fsp3) is 0.391. The third kappa shape index (κ3) is 5.70. The highest BCUT2D eigenvalue weighted by molar-refractivity contribution is 7.89. The van der Waals surface area contributed by atoms with E-state index in [0.717, 1.165) is 11.1 Å². The molecular formula is C23H27N3O6S. The number of aryl methyl sites for hydroxylation is 1. The largest absolute Gasteiger partial charge is 0.486 e. The van der Waals surface area contributed by atoms with Gasteiger partial charge >= 0.3 is 0 Å². The summed E-state index contributed by atoms with van der Waals surface area (Å²) in [7, 11) is -3.52. The van der Waals surface area contributed by atoms with Gasteiger partial charge in [-0.1, -0.05) is 12.1 Å². The second-order valence-corrected chi connectivity index (χ2v) is 9.69.